The second-order valence-electron chi connectivity index (χ2n) is 3.81. The van der Waals surface area contributed by atoms with Crippen LogP contribution in [-0.4, -0.2) is 17.6 Å². The molecule has 2 rings (SSSR count). The Morgan fingerprint density at radius 2 is 2.00 bits per heavy atom. The number of hydrogen-bond donors (Lipinski definition) is 0. The highest BCUT2D eigenvalue weighted by molar-refractivity contribution is 7.89. The molecule has 1 heterocycles. The van der Waals surface area contributed by atoms with Crippen molar-refractivity contribution in [3.05, 3.63) is 46.7 Å². The molecule has 2 aromatic rings. The fraction of sp³-hybridized carbons (Fsp3) is 0.182. The topological polar surface area (TPSA) is 52.0 Å². The van der Waals surface area contributed by atoms with E-state index in [1.54, 1.807) is 19.1 Å². The van der Waals surface area contributed by atoms with Gasteiger partial charge >= 0.3 is 0 Å². The Kier molecular flexibility index (Phi) is 2.97. The van der Waals surface area contributed by atoms with Crippen molar-refractivity contribution in [2.24, 2.45) is 0 Å². The SMILES string of the molecule is Cc1ccc(C)c(S(=O)(=O)n2cc(Cl)cn2)c1. The lowest BCUT2D eigenvalue weighted by molar-refractivity contribution is 0.579. The van der Waals surface area contributed by atoms with Crippen LogP contribution in [0.25, 0.3) is 0 Å². The van der Waals surface area contributed by atoms with Crippen LogP contribution in [0.2, 0.25) is 5.02 Å². The average Bonchev–Trinajstić information content (AvgIpc) is 2.69. The molecule has 0 amide bonds. The number of aromatic nitrogens is 2. The molecule has 0 fully saturated rings. The first-order valence-corrected chi connectivity index (χ1v) is 6.76. The van der Waals surface area contributed by atoms with Gasteiger partial charge in [0.1, 0.15) is 0 Å². The van der Waals surface area contributed by atoms with Gasteiger partial charge in [0.25, 0.3) is 10.0 Å². The van der Waals surface area contributed by atoms with Crippen LogP contribution in [0.3, 0.4) is 0 Å². The lowest BCUT2D eigenvalue weighted by Gasteiger charge is -2.08. The zero-order chi connectivity index (χ0) is 12.6. The molecule has 0 saturated carbocycles. The Labute approximate surface area is 105 Å². The molecule has 17 heavy (non-hydrogen) atoms. The minimum atomic E-state index is -3.65. The maximum Gasteiger partial charge on any atom is 0.283 e. The second kappa shape index (κ2) is 4.16. The first-order valence-electron chi connectivity index (χ1n) is 4.94. The fourth-order valence-electron chi connectivity index (χ4n) is 1.50. The summed E-state index contributed by atoms with van der Waals surface area (Å²) in [4.78, 5) is 0.247. The van der Waals surface area contributed by atoms with E-state index in [-0.39, 0.29) is 4.90 Å². The van der Waals surface area contributed by atoms with Gasteiger partial charge in [0.2, 0.25) is 0 Å². The normalized spacial score (nSPS) is 11.7. The molecule has 0 aliphatic carbocycles. The highest BCUT2D eigenvalue weighted by Crippen LogP contribution is 2.20. The van der Waals surface area contributed by atoms with Gasteiger partial charge in [-0.15, -0.1) is 0 Å². The molecule has 0 bridgehead atoms. The van der Waals surface area contributed by atoms with Crippen LogP contribution in [-0.2, 0) is 10.0 Å². The monoisotopic (exact) mass is 270 g/mol. The summed E-state index contributed by atoms with van der Waals surface area (Å²) in [6.07, 6.45) is 2.57. The largest absolute Gasteiger partial charge is 0.283 e. The van der Waals surface area contributed by atoms with Crippen LogP contribution in [0.1, 0.15) is 11.1 Å². The van der Waals surface area contributed by atoms with Crippen molar-refractivity contribution in [2.45, 2.75) is 18.7 Å². The minimum Gasteiger partial charge on any atom is -0.199 e. The smallest absolute Gasteiger partial charge is 0.199 e. The van der Waals surface area contributed by atoms with E-state index in [1.807, 2.05) is 13.0 Å². The van der Waals surface area contributed by atoms with E-state index in [4.69, 9.17) is 11.6 Å². The van der Waals surface area contributed by atoms with E-state index in [0.717, 1.165) is 9.65 Å². The first-order chi connectivity index (χ1) is 7.91. The van der Waals surface area contributed by atoms with Crippen LogP contribution >= 0.6 is 11.6 Å². The van der Waals surface area contributed by atoms with Crippen LogP contribution in [0.4, 0.5) is 0 Å². The molecule has 0 saturated heterocycles. The van der Waals surface area contributed by atoms with Crippen molar-refractivity contribution in [2.75, 3.05) is 0 Å². The van der Waals surface area contributed by atoms with Crippen LogP contribution in [0.15, 0.2) is 35.5 Å². The Morgan fingerprint density at radius 1 is 1.29 bits per heavy atom. The lowest BCUT2D eigenvalue weighted by atomic mass is 10.2. The van der Waals surface area contributed by atoms with Crippen LogP contribution < -0.4 is 0 Å². The highest BCUT2D eigenvalue weighted by Gasteiger charge is 2.20. The highest BCUT2D eigenvalue weighted by atomic mass is 35.5. The molecule has 0 unspecified atom stereocenters. The van der Waals surface area contributed by atoms with Crippen LogP contribution in [0.5, 0.6) is 0 Å². The second-order valence-corrected chi connectivity index (χ2v) is 6.01. The number of rotatable bonds is 2. The Morgan fingerprint density at radius 3 is 2.59 bits per heavy atom. The molecule has 0 spiro atoms. The maximum atomic E-state index is 12.3. The van der Waals surface area contributed by atoms with Gasteiger partial charge in [-0.05, 0) is 31.0 Å². The quantitative estimate of drug-likeness (QED) is 0.842. The van der Waals surface area contributed by atoms with Gasteiger partial charge < -0.3 is 0 Å². The molecular weight excluding hydrogens is 260 g/mol. The third kappa shape index (κ3) is 2.21. The van der Waals surface area contributed by atoms with Crippen LogP contribution in [0, 0.1) is 13.8 Å². The molecule has 0 N–H and O–H groups in total. The van der Waals surface area contributed by atoms with E-state index in [9.17, 15) is 8.42 Å². The number of aryl methyl sites for hydroxylation is 2. The molecule has 1 aromatic carbocycles. The van der Waals surface area contributed by atoms with E-state index < -0.39 is 10.0 Å². The zero-order valence-electron chi connectivity index (χ0n) is 9.38. The summed E-state index contributed by atoms with van der Waals surface area (Å²) in [6.45, 7) is 3.59. The van der Waals surface area contributed by atoms with Gasteiger partial charge in [-0.1, -0.05) is 23.7 Å². The molecular formula is C11H11ClN2O2S. The average molecular weight is 271 g/mol. The molecule has 4 nitrogen and oxygen atoms in total. The molecule has 0 aliphatic rings. The van der Waals surface area contributed by atoms with Gasteiger partial charge in [-0.25, -0.2) is 0 Å². The Balaban J connectivity index is 2.63. The van der Waals surface area contributed by atoms with Gasteiger partial charge in [-0.3, -0.25) is 0 Å². The summed E-state index contributed by atoms with van der Waals surface area (Å²) in [5.74, 6) is 0. The number of benzene rings is 1. The molecule has 0 atom stereocenters. The standard InChI is InChI=1S/C11H11ClN2O2S/c1-8-3-4-9(2)11(5-8)17(15,16)14-7-10(12)6-13-14/h3-7H,1-2H3. The van der Waals surface area contributed by atoms with Gasteiger partial charge in [0, 0.05) is 0 Å². The molecule has 0 aliphatic heterocycles. The number of halogens is 1. The summed E-state index contributed by atoms with van der Waals surface area (Å²) in [5.41, 5.74) is 1.56. The first kappa shape index (κ1) is 12.1. The molecule has 1 aromatic heterocycles. The van der Waals surface area contributed by atoms with E-state index in [2.05, 4.69) is 5.10 Å². The summed E-state index contributed by atoms with van der Waals surface area (Å²) in [7, 11) is -3.65. The summed E-state index contributed by atoms with van der Waals surface area (Å²) in [6, 6.07) is 5.26. The molecule has 0 radical (unpaired) electrons. The van der Waals surface area contributed by atoms with Crippen molar-refractivity contribution in [3.63, 3.8) is 0 Å². The van der Waals surface area contributed by atoms with Gasteiger partial charge in [-0.2, -0.15) is 17.6 Å². The summed E-state index contributed by atoms with van der Waals surface area (Å²) in [5, 5.41) is 4.02. The summed E-state index contributed by atoms with van der Waals surface area (Å²) < 4.78 is 25.4. The van der Waals surface area contributed by atoms with E-state index >= 15 is 0 Å². The third-order valence-electron chi connectivity index (χ3n) is 2.40. The van der Waals surface area contributed by atoms with Crippen molar-refractivity contribution in [1.82, 2.24) is 9.19 Å². The number of hydrogen-bond acceptors (Lipinski definition) is 3. The van der Waals surface area contributed by atoms with Crippen molar-refractivity contribution < 1.29 is 8.42 Å². The maximum absolute atomic E-state index is 12.3. The minimum absolute atomic E-state index is 0.247. The van der Waals surface area contributed by atoms with Gasteiger partial charge in [0.15, 0.2) is 0 Å². The molecule has 6 heteroatoms. The fourth-order valence-corrected chi connectivity index (χ4v) is 3.13. The van der Waals surface area contributed by atoms with E-state index in [0.29, 0.717) is 10.6 Å². The van der Waals surface area contributed by atoms with Gasteiger partial charge in [0.05, 0.1) is 22.3 Å². The number of nitrogens with zero attached hydrogens (tertiary/aromatic N) is 2. The molecule has 90 valence electrons. The lowest BCUT2D eigenvalue weighted by Crippen LogP contribution is -2.14. The third-order valence-corrected chi connectivity index (χ3v) is 4.28. The van der Waals surface area contributed by atoms with E-state index in [1.165, 1.54) is 12.4 Å². The predicted molar refractivity (Wildman–Crippen MR) is 65.7 cm³/mol. The predicted octanol–water partition coefficient (Wildman–Crippen LogP) is 2.39. The zero-order valence-corrected chi connectivity index (χ0v) is 11.0. The summed E-state index contributed by atoms with van der Waals surface area (Å²) >= 11 is 5.68. The van der Waals surface area contributed by atoms with Crippen molar-refractivity contribution >= 4 is 21.6 Å². The Bertz CT molecular complexity index is 662. The van der Waals surface area contributed by atoms with Crippen molar-refractivity contribution in [1.29, 1.82) is 0 Å². The Hall–Kier alpha value is -1.33. The van der Waals surface area contributed by atoms with Crippen molar-refractivity contribution in [3.8, 4) is 0 Å².